The van der Waals surface area contributed by atoms with Crippen molar-refractivity contribution in [1.82, 2.24) is 20.2 Å². The van der Waals surface area contributed by atoms with Gasteiger partial charge >= 0.3 is 0 Å². The quantitative estimate of drug-likeness (QED) is 0.747. The molecule has 0 atom stereocenters. The third kappa shape index (κ3) is 2.77. The van der Waals surface area contributed by atoms with Gasteiger partial charge in [-0.15, -0.1) is 0 Å². The molecule has 2 aromatic heterocycles. The molecule has 2 heterocycles. The Hall–Kier alpha value is -2.69. The second-order valence-electron chi connectivity index (χ2n) is 4.10. The zero-order valence-electron chi connectivity index (χ0n) is 10.2. The first kappa shape index (κ1) is 11.4. The smallest absolute Gasteiger partial charge is 0.115 e. The number of anilines is 1. The van der Waals surface area contributed by atoms with Crippen LogP contribution in [0.3, 0.4) is 0 Å². The average Bonchev–Trinajstić information content (AvgIpc) is 3.01. The summed E-state index contributed by atoms with van der Waals surface area (Å²) in [4.78, 5) is 8.06. The maximum absolute atomic E-state index is 4.17. The van der Waals surface area contributed by atoms with Crippen molar-refractivity contribution < 1.29 is 0 Å². The van der Waals surface area contributed by atoms with E-state index in [4.69, 9.17) is 0 Å². The minimum atomic E-state index is 0.686. The minimum Gasteiger partial charge on any atom is -0.379 e. The molecule has 0 bridgehead atoms. The molecule has 3 aromatic rings. The van der Waals surface area contributed by atoms with Crippen LogP contribution in [0.1, 0.15) is 5.69 Å². The van der Waals surface area contributed by atoms with Crippen molar-refractivity contribution in [3.05, 3.63) is 60.8 Å². The molecule has 94 valence electrons. The van der Waals surface area contributed by atoms with Crippen LogP contribution in [0.15, 0.2) is 55.1 Å². The van der Waals surface area contributed by atoms with E-state index in [2.05, 4.69) is 37.6 Å². The third-order valence-corrected chi connectivity index (χ3v) is 2.81. The lowest BCUT2D eigenvalue weighted by atomic mass is 10.1. The van der Waals surface area contributed by atoms with E-state index in [9.17, 15) is 0 Å². The topological polar surface area (TPSA) is 66.5 Å². The van der Waals surface area contributed by atoms with Gasteiger partial charge in [0.25, 0.3) is 0 Å². The molecule has 0 saturated carbocycles. The van der Waals surface area contributed by atoms with Gasteiger partial charge in [-0.2, -0.15) is 5.10 Å². The summed E-state index contributed by atoms with van der Waals surface area (Å²) in [6, 6.07) is 12.0. The van der Waals surface area contributed by atoms with Crippen LogP contribution in [-0.2, 0) is 6.54 Å². The van der Waals surface area contributed by atoms with Crippen LogP contribution >= 0.6 is 0 Å². The summed E-state index contributed by atoms with van der Waals surface area (Å²) < 4.78 is 0. The van der Waals surface area contributed by atoms with Crippen LogP contribution in [0, 0.1) is 0 Å². The van der Waals surface area contributed by atoms with Gasteiger partial charge in [0, 0.05) is 18.1 Å². The van der Waals surface area contributed by atoms with E-state index in [0.29, 0.717) is 6.54 Å². The molecule has 0 aliphatic heterocycles. The average molecular weight is 251 g/mol. The second kappa shape index (κ2) is 5.30. The van der Waals surface area contributed by atoms with E-state index < -0.39 is 0 Å². The normalized spacial score (nSPS) is 10.3. The molecule has 0 amide bonds. The summed E-state index contributed by atoms with van der Waals surface area (Å²) in [5.74, 6) is 0. The largest absolute Gasteiger partial charge is 0.379 e. The van der Waals surface area contributed by atoms with Crippen LogP contribution in [0.4, 0.5) is 5.69 Å². The number of nitrogens with zero attached hydrogens (tertiary/aromatic N) is 3. The Morgan fingerprint density at radius 2 is 1.89 bits per heavy atom. The van der Waals surface area contributed by atoms with Crippen molar-refractivity contribution in [2.24, 2.45) is 0 Å². The number of aromatic amines is 1. The molecule has 0 fully saturated rings. The van der Waals surface area contributed by atoms with Crippen LogP contribution in [0.5, 0.6) is 0 Å². The first-order chi connectivity index (χ1) is 9.42. The highest BCUT2D eigenvalue weighted by atomic mass is 15.1. The second-order valence-corrected chi connectivity index (χ2v) is 4.10. The fourth-order valence-corrected chi connectivity index (χ4v) is 1.80. The summed E-state index contributed by atoms with van der Waals surface area (Å²) in [6.45, 7) is 0.686. The highest BCUT2D eigenvalue weighted by Crippen LogP contribution is 2.19. The van der Waals surface area contributed by atoms with Crippen molar-refractivity contribution in [1.29, 1.82) is 0 Å². The summed E-state index contributed by atoms with van der Waals surface area (Å²) in [7, 11) is 0. The molecule has 3 rings (SSSR count). The highest BCUT2D eigenvalue weighted by molar-refractivity contribution is 5.62. The summed E-state index contributed by atoms with van der Waals surface area (Å²) >= 11 is 0. The van der Waals surface area contributed by atoms with Crippen LogP contribution < -0.4 is 5.32 Å². The number of rotatable bonds is 4. The molecular formula is C14H13N5. The molecule has 0 aliphatic rings. The molecule has 1 aromatic carbocycles. The van der Waals surface area contributed by atoms with Crippen LogP contribution in [-0.4, -0.2) is 20.2 Å². The lowest BCUT2D eigenvalue weighted by Gasteiger charge is -2.06. The first-order valence-corrected chi connectivity index (χ1v) is 6.00. The van der Waals surface area contributed by atoms with Crippen molar-refractivity contribution in [2.75, 3.05) is 5.32 Å². The predicted molar refractivity (Wildman–Crippen MR) is 73.4 cm³/mol. The number of H-pyrrole nitrogens is 1. The molecule has 0 radical (unpaired) electrons. The van der Waals surface area contributed by atoms with Crippen molar-refractivity contribution in [2.45, 2.75) is 6.54 Å². The van der Waals surface area contributed by atoms with Crippen molar-refractivity contribution in [3.8, 4) is 11.3 Å². The monoisotopic (exact) mass is 251 g/mol. The Morgan fingerprint density at radius 1 is 1.00 bits per heavy atom. The first-order valence-electron chi connectivity index (χ1n) is 6.00. The molecule has 2 N–H and O–H groups in total. The van der Waals surface area contributed by atoms with Gasteiger partial charge in [-0.25, -0.2) is 9.97 Å². The van der Waals surface area contributed by atoms with Gasteiger partial charge in [0.2, 0.25) is 0 Å². The van der Waals surface area contributed by atoms with Gasteiger partial charge in [0.05, 0.1) is 17.9 Å². The van der Waals surface area contributed by atoms with E-state index in [-0.39, 0.29) is 0 Å². The Morgan fingerprint density at radius 3 is 2.58 bits per heavy atom. The van der Waals surface area contributed by atoms with E-state index >= 15 is 0 Å². The Labute approximate surface area is 110 Å². The third-order valence-electron chi connectivity index (χ3n) is 2.81. The fraction of sp³-hybridized carbons (Fsp3) is 0.0714. The van der Waals surface area contributed by atoms with E-state index in [1.807, 2.05) is 24.3 Å². The maximum atomic E-state index is 4.17. The molecule has 19 heavy (non-hydrogen) atoms. The van der Waals surface area contributed by atoms with Crippen LogP contribution in [0.25, 0.3) is 11.3 Å². The Balaban J connectivity index is 1.67. The zero-order chi connectivity index (χ0) is 12.9. The SMILES string of the molecule is c1cc(CNc2ccc(-c3ccn[nH]3)cc2)ncn1. The number of benzene rings is 1. The van der Waals surface area contributed by atoms with Gasteiger partial charge in [-0.05, 0) is 29.8 Å². The Bertz CT molecular complexity index is 617. The van der Waals surface area contributed by atoms with Gasteiger partial charge in [-0.1, -0.05) is 12.1 Å². The molecule has 5 heteroatoms. The number of aromatic nitrogens is 4. The predicted octanol–water partition coefficient (Wildman–Crippen LogP) is 2.48. The van der Waals surface area contributed by atoms with E-state index in [0.717, 1.165) is 22.6 Å². The summed E-state index contributed by atoms with van der Waals surface area (Å²) in [6.07, 6.45) is 5.04. The van der Waals surface area contributed by atoms with Crippen LogP contribution in [0.2, 0.25) is 0 Å². The van der Waals surface area contributed by atoms with E-state index in [1.54, 1.807) is 18.7 Å². The van der Waals surface area contributed by atoms with E-state index in [1.165, 1.54) is 0 Å². The lowest BCUT2D eigenvalue weighted by Crippen LogP contribution is -2.01. The van der Waals surface area contributed by atoms with Gasteiger partial charge < -0.3 is 5.32 Å². The number of nitrogens with one attached hydrogen (secondary N) is 2. The summed E-state index contributed by atoms with van der Waals surface area (Å²) in [5.41, 5.74) is 4.15. The molecule has 0 aliphatic carbocycles. The van der Waals surface area contributed by atoms with Gasteiger partial charge in [-0.3, -0.25) is 5.10 Å². The molecule has 0 unspecified atom stereocenters. The fourth-order valence-electron chi connectivity index (χ4n) is 1.80. The lowest BCUT2D eigenvalue weighted by molar-refractivity contribution is 1.01. The minimum absolute atomic E-state index is 0.686. The summed E-state index contributed by atoms with van der Waals surface area (Å²) in [5, 5.41) is 10.2. The maximum Gasteiger partial charge on any atom is 0.115 e. The molecular weight excluding hydrogens is 238 g/mol. The Kier molecular flexibility index (Phi) is 3.18. The standard InChI is InChI=1S/C14H13N5/c1-3-12(16-9-13-5-7-15-10-17-13)4-2-11(1)14-6-8-18-19-14/h1-8,10,16H,9H2,(H,18,19). The zero-order valence-corrected chi connectivity index (χ0v) is 10.2. The highest BCUT2D eigenvalue weighted by Gasteiger charge is 1.99. The molecule has 5 nitrogen and oxygen atoms in total. The molecule has 0 spiro atoms. The van der Waals surface area contributed by atoms with Gasteiger partial charge in [0.15, 0.2) is 0 Å². The van der Waals surface area contributed by atoms with Crippen molar-refractivity contribution >= 4 is 5.69 Å². The number of hydrogen-bond donors (Lipinski definition) is 2. The molecule has 0 saturated heterocycles. The van der Waals surface area contributed by atoms with Gasteiger partial charge in [0.1, 0.15) is 6.33 Å². The van der Waals surface area contributed by atoms with Crippen molar-refractivity contribution in [3.63, 3.8) is 0 Å². The number of hydrogen-bond acceptors (Lipinski definition) is 4.